The van der Waals surface area contributed by atoms with E-state index in [9.17, 15) is 13.6 Å². The molecule has 0 radical (unpaired) electrons. The van der Waals surface area contributed by atoms with Gasteiger partial charge in [0.15, 0.2) is 5.82 Å². The van der Waals surface area contributed by atoms with Crippen molar-refractivity contribution in [2.75, 3.05) is 16.9 Å². The molecule has 0 spiro atoms. The molecule has 3 N–H and O–H groups in total. The first-order valence-corrected chi connectivity index (χ1v) is 8.75. The van der Waals surface area contributed by atoms with Crippen molar-refractivity contribution in [3.63, 3.8) is 0 Å². The summed E-state index contributed by atoms with van der Waals surface area (Å²) in [7, 11) is 0. The van der Waals surface area contributed by atoms with Crippen LogP contribution in [0.1, 0.15) is 0 Å². The molecule has 0 aliphatic heterocycles. The highest BCUT2D eigenvalue weighted by Gasteiger charge is 2.14. The second-order valence-corrected chi connectivity index (χ2v) is 6.22. The lowest BCUT2D eigenvalue weighted by Gasteiger charge is -2.06. The highest BCUT2D eigenvalue weighted by Crippen LogP contribution is 2.24. The fourth-order valence-electron chi connectivity index (χ4n) is 2.21. The van der Waals surface area contributed by atoms with E-state index in [1.165, 1.54) is 16.8 Å². The lowest BCUT2D eigenvalue weighted by atomic mass is 10.2. The maximum atomic E-state index is 12.2. The number of nitrogens with two attached hydrogens (primary N) is 1. The Hall–Kier alpha value is -3.14. The molecule has 3 aromatic rings. The third kappa shape index (κ3) is 4.94. The van der Waals surface area contributed by atoms with E-state index in [1.54, 1.807) is 24.3 Å². The van der Waals surface area contributed by atoms with E-state index in [0.717, 1.165) is 11.8 Å². The molecule has 0 fully saturated rings. The topological polar surface area (TPSA) is 95.1 Å². The Balaban J connectivity index is 1.62. The minimum atomic E-state index is -2.89. The van der Waals surface area contributed by atoms with Crippen LogP contribution in [0, 0.1) is 0 Å². The lowest BCUT2D eigenvalue weighted by molar-refractivity contribution is -0.113. The Morgan fingerprint density at radius 1 is 1.15 bits per heavy atom. The third-order valence-corrected chi connectivity index (χ3v) is 4.34. The maximum Gasteiger partial charge on any atom is 0.387 e. The minimum Gasteiger partial charge on any atom is -0.435 e. The Morgan fingerprint density at radius 2 is 1.85 bits per heavy atom. The van der Waals surface area contributed by atoms with Crippen molar-refractivity contribution in [3.8, 4) is 17.1 Å². The zero-order chi connectivity index (χ0) is 19.2. The van der Waals surface area contributed by atoms with Gasteiger partial charge >= 0.3 is 6.61 Å². The number of ether oxygens (including phenoxy) is 1. The molecule has 1 aromatic heterocycles. The number of nitrogen functional groups attached to an aromatic ring is 1. The number of nitrogens with zero attached hydrogens (tertiary/aromatic N) is 3. The molecule has 140 valence electrons. The summed E-state index contributed by atoms with van der Waals surface area (Å²) in [4.78, 5) is 12.0. The summed E-state index contributed by atoms with van der Waals surface area (Å²) >= 11 is 1.13. The predicted molar refractivity (Wildman–Crippen MR) is 98.0 cm³/mol. The van der Waals surface area contributed by atoms with Crippen molar-refractivity contribution < 1.29 is 18.3 Å². The number of hydrogen-bond donors (Lipinski definition) is 2. The summed E-state index contributed by atoms with van der Waals surface area (Å²) in [6.45, 7) is -2.89. The number of nitrogens with one attached hydrogen (secondary N) is 1. The Labute approximate surface area is 157 Å². The number of benzene rings is 2. The highest BCUT2D eigenvalue weighted by atomic mass is 32.2. The van der Waals surface area contributed by atoms with E-state index in [2.05, 4.69) is 20.3 Å². The van der Waals surface area contributed by atoms with Gasteiger partial charge in [0.2, 0.25) is 11.1 Å². The average molecular weight is 391 g/mol. The molecule has 0 aliphatic carbocycles. The van der Waals surface area contributed by atoms with E-state index < -0.39 is 6.61 Å². The number of amides is 1. The molecule has 27 heavy (non-hydrogen) atoms. The van der Waals surface area contributed by atoms with Crippen molar-refractivity contribution in [1.82, 2.24) is 14.9 Å². The number of hydrogen-bond acceptors (Lipinski definition) is 6. The molecule has 0 aliphatic rings. The molecule has 7 nitrogen and oxygen atoms in total. The largest absolute Gasteiger partial charge is 0.435 e. The number of carbonyl (C=O) groups is 1. The van der Waals surface area contributed by atoms with Crippen LogP contribution in [0.25, 0.3) is 11.4 Å². The number of aromatic nitrogens is 3. The first-order chi connectivity index (χ1) is 13.0. The minimum absolute atomic E-state index is 0.0315. The molecule has 0 saturated carbocycles. The summed E-state index contributed by atoms with van der Waals surface area (Å²) in [5.74, 6) is 6.25. The van der Waals surface area contributed by atoms with Crippen molar-refractivity contribution >= 4 is 23.4 Å². The highest BCUT2D eigenvalue weighted by molar-refractivity contribution is 7.99. The van der Waals surface area contributed by atoms with Crippen LogP contribution in [0.3, 0.4) is 0 Å². The molecule has 0 saturated heterocycles. The number of halogens is 2. The zero-order valence-corrected chi connectivity index (χ0v) is 14.7. The number of anilines is 1. The quantitative estimate of drug-likeness (QED) is 0.475. The van der Waals surface area contributed by atoms with Gasteiger partial charge in [-0.05, 0) is 36.4 Å². The van der Waals surface area contributed by atoms with Gasteiger partial charge in [0.1, 0.15) is 5.75 Å². The fraction of sp³-hybridized carbons (Fsp3) is 0.118. The van der Waals surface area contributed by atoms with Gasteiger partial charge in [-0.2, -0.15) is 8.78 Å². The Bertz CT molecular complexity index is 903. The SMILES string of the molecule is Nn1c(SCC(=O)Nc2ccccc2)nnc1-c1ccc(OC(F)F)cc1. The van der Waals surface area contributed by atoms with Gasteiger partial charge in [0.25, 0.3) is 0 Å². The monoisotopic (exact) mass is 391 g/mol. The first kappa shape index (κ1) is 18.6. The molecule has 3 rings (SSSR count). The van der Waals surface area contributed by atoms with E-state index in [4.69, 9.17) is 5.84 Å². The van der Waals surface area contributed by atoms with E-state index in [-0.39, 0.29) is 17.4 Å². The normalized spacial score (nSPS) is 10.8. The number of para-hydroxylation sites is 1. The van der Waals surface area contributed by atoms with Crippen molar-refractivity contribution in [1.29, 1.82) is 0 Å². The van der Waals surface area contributed by atoms with Crippen LogP contribution >= 0.6 is 11.8 Å². The maximum absolute atomic E-state index is 12.2. The Morgan fingerprint density at radius 3 is 2.52 bits per heavy atom. The van der Waals surface area contributed by atoms with E-state index in [0.29, 0.717) is 22.2 Å². The average Bonchev–Trinajstić information content (AvgIpc) is 3.02. The summed E-state index contributed by atoms with van der Waals surface area (Å²) in [5, 5.41) is 11.1. The number of rotatable bonds is 7. The molecule has 0 bridgehead atoms. The predicted octanol–water partition coefficient (Wildman–Crippen LogP) is 2.99. The third-order valence-electron chi connectivity index (χ3n) is 3.39. The standard InChI is InChI=1S/C17H15F2N5O2S/c18-16(19)26-13-8-6-11(7-9-13)15-22-23-17(24(15)20)27-10-14(25)21-12-4-2-1-3-5-12/h1-9,16H,10,20H2,(H,21,25). The summed E-state index contributed by atoms with van der Waals surface area (Å²) < 4.78 is 29.9. The number of alkyl halides is 2. The number of thioether (sulfide) groups is 1. The van der Waals surface area contributed by atoms with Crippen LogP contribution < -0.4 is 15.9 Å². The molecule has 0 unspecified atom stereocenters. The van der Waals surface area contributed by atoms with Crippen molar-refractivity contribution in [3.05, 3.63) is 54.6 Å². The van der Waals surface area contributed by atoms with Crippen LogP contribution in [-0.4, -0.2) is 33.1 Å². The first-order valence-electron chi connectivity index (χ1n) is 7.76. The van der Waals surface area contributed by atoms with Gasteiger partial charge in [0, 0.05) is 11.3 Å². The number of carbonyl (C=O) groups excluding carboxylic acids is 1. The van der Waals surface area contributed by atoms with Gasteiger partial charge in [-0.3, -0.25) is 4.79 Å². The smallest absolute Gasteiger partial charge is 0.387 e. The molecule has 1 heterocycles. The second kappa shape index (κ2) is 8.49. The summed E-state index contributed by atoms with van der Waals surface area (Å²) in [6, 6.07) is 14.9. The van der Waals surface area contributed by atoms with Crippen LogP contribution in [0.5, 0.6) is 5.75 Å². The second-order valence-electron chi connectivity index (χ2n) is 5.28. The summed E-state index contributed by atoms with van der Waals surface area (Å²) in [5.41, 5.74) is 1.27. The van der Waals surface area contributed by atoms with Crippen LogP contribution in [0.2, 0.25) is 0 Å². The van der Waals surface area contributed by atoms with Crippen molar-refractivity contribution in [2.45, 2.75) is 11.8 Å². The van der Waals surface area contributed by atoms with E-state index >= 15 is 0 Å². The molecular weight excluding hydrogens is 376 g/mol. The van der Waals surface area contributed by atoms with Gasteiger partial charge in [0.05, 0.1) is 5.75 Å². The molecular formula is C17H15F2N5O2S. The zero-order valence-electron chi connectivity index (χ0n) is 13.9. The Kier molecular flexibility index (Phi) is 5.87. The lowest BCUT2D eigenvalue weighted by Crippen LogP contribution is -2.16. The molecule has 10 heteroatoms. The fourth-order valence-corrected chi connectivity index (χ4v) is 2.86. The molecule has 0 atom stereocenters. The van der Waals surface area contributed by atoms with Crippen LogP contribution in [0.15, 0.2) is 59.8 Å². The molecule has 1 amide bonds. The van der Waals surface area contributed by atoms with Gasteiger partial charge in [-0.25, -0.2) is 4.68 Å². The van der Waals surface area contributed by atoms with Gasteiger partial charge in [-0.1, -0.05) is 30.0 Å². The molecule has 2 aromatic carbocycles. The van der Waals surface area contributed by atoms with E-state index in [1.807, 2.05) is 18.2 Å². The van der Waals surface area contributed by atoms with Crippen LogP contribution in [-0.2, 0) is 4.79 Å². The van der Waals surface area contributed by atoms with Crippen LogP contribution in [0.4, 0.5) is 14.5 Å². The van der Waals surface area contributed by atoms with Crippen molar-refractivity contribution in [2.24, 2.45) is 0 Å². The van der Waals surface area contributed by atoms with Gasteiger partial charge in [-0.15, -0.1) is 10.2 Å². The summed E-state index contributed by atoms with van der Waals surface area (Å²) in [6.07, 6.45) is 0. The van der Waals surface area contributed by atoms with Gasteiger partial charge < -0.3 is 15.9 Å².